The van der Waals surface area contributed by atoms with Crippen molar-refractivity contribution in [2.45, 2.75) is 19.3 Å². The number of anilines is 1. The summed E-state index contributed by atoms with van der Waals surface area (Å²) in [5.41, 5.74) is 7.68. The lowest BCUT2D eigenvalue weighted by molar-refractivity contribution is -0.117. The molecule has 0 spiro atoms. The van der Waals surface area contributed by atoms with Gasteiger partial charge in [0.1, 0.15) is 0 Å². The molecule has 1 aliphatic rings. The average molecular weight is 417 g/mol. The molecule has 1 saturated heterocycles. The first-order valence-corrected chi connectivity index (χ1v) is 9.80. The second-order valence-electron chi connectivity index (χ2n) is 6.41. The van der Waals surface area contributed by atoms with Gasteiger partial charge in [0, 0.05) is 35.8 Å². The number of hydrogen-bond acceptors (Lipinski definition) is 3. The van der Waals surface area contributed by atoms with E-state index in [2.05, 4.69) is 16.2 Å². The predicted octanol–water partition coefficient (Wildman–Crippen LogP) is 2.82. The zero-order chi connectivity index (χ0) is 19.9. The van der Waals surface area contributed by atoms with E-state index in [1.807, 2.05) is 24.3 Å². The van der Waals surface area contributed by atoms with Crippen molar-refractivity contribution >= 4 is 46.4 Å². The normalized spacial score (nSPS) is 13.3. The molecule has 2 aromatic carbocycles. The molecule has 0 aliphatic carbocycles. The highest BCUT2D eigenvalue weighted by atomic mass is 35.5. The molecule has 0 radical (unpaired) electrons. The average Bonchev–Trinajstić information content (AvgIpc) is 3.13. The van der Waals surface area contributed by atoms with Gasteiger partial charge in [-0.1, -0.05) is 23.7 Å². The molecule has 0 unspecified atom stereocenters. The molecule has 28 heavy (non-hydrogen) atoms. The smallest absolute Gasteiger partial charge is 0.269 e. The molecule has 146 valence electrons. The van der Waals surface area contributed by atoms with Crippen molar-refractivity contribution in [3.05, 3.63) is 64.7 Å². The molecule has 0 atom stereocenters. The molecule has 1 fully saturated rings. The third-order valence-corrected chi connectivity index (χ3v) is 4.92. The van der Waals surface area contributed by atoms with Gasteiger partial charge in [0.25, 0.3) is 5.91 Å². The fraction of sp³-hybridized carbons (Fsp3) is 0.250. The third kappa shape index (κ3) is 5.43. The minimum Gasteiger partial charge on any atom is -0.361 e. The largest absolute Gasteiger partial charge is 0.361 e. The number of carbonyl (C=O) groups excluding carboxylic acids is 2. The zero-order valence-electron chi connectivity index (χ0n) is 15.2. The van der Waals surface area contributed by atoms with Crippen LogP contribution in [0.2, 0.25) is 5.02 Å². The Balaban J connectivity index is 1.41. The van der Waals surface area contributed by atoms with Crippen molar-refractivity contribution in [3.63, 3.8) is 0 Å². The van der Waals surface area contributed by atoms with E-state index in [0.717, 1.165) is 30.6 Å². The second-order valence-corrected chi connectivity index (χ2v) is 7.25. The van der Waals surface area contributed by atoms with Crippen LogP contribution in [0.4, 0.5) is 5.69 Å². The highest BCUT2D eigenvalue weighted by Gasteiger charge is 2.21. The van der Waals surface area contributed by atoms with Gasteiger partial charge in [0.2, 0.25) is 5.91 Å². The fourth-order valence-corrected chi connectivity index (χ4v) is 3.19. The van der Waals surface area contributed by atoms with Crippen molar-refractivity contribution in [1.82, 2.24) is 16.2 Å². The van der Waals surface area contributed by atoms with Crippen LogP contribution in [0.5, 0.6) is 0 Å². The number of hydrogen-bond donors (Lipinski definition) is 3. The third-order valence-electron chi connectivity index (χ3n) is 4.42. The number of nitrogens with zero attached hydrogens (tertiary/aromatic N) is 1. The summed E-state index contributed by atoms with van der Waals surface area (Å²) in [7, 11) is 0. The van der Waals surface area contributed by atoms with E-state index >= 15 is 0 Å². The summed E-state index contributed by atoms with van der Waals surface area (Å²) in [5, 5.41) is 4.07. The molecule has 3 rings (SSSR count). The summed E-state index contributed by atoms with van der Waals surface area (Å²) in [5.74, 6) is -0.185. The Hall–Kier alpha value is -2.64. The predicted molar refractivity (Wildman–Crippen MR) is 114 cm³/mol. The van der Waals surface area contributed by atoms with Crippen LogP contribution < -0.4 is 21.1 Å². The van der Waals surface area contributed by atoms with E-state index in [-0.39, 0.29) is 11.8 Å². The number of benzene rings is 2. The molecule has 2 amide bonds. The Morgan fingerprint density at radius 3 is 2.43 bits per heavy atom. The van der Waals surface area contributed by atoms with Crippen molar-refractivity contribution in [3.8, 4) is 0 Å². The van der Waals surface area contributed by atoms with Crippen molar-refractivity contribution in [2.75, 3.05) is 18.0 Å². The Morgan fingerprint density at radius 1 is 1.07 bits per heavy atom. The molecule has 3 N–H and O–H groups in total. The first-order valence-electron chi connectivity index (χ1n) is 9.02. The monoisotopic (exact) mass is 416 g/mol. The Kier molecular flexibility index (Phi) is 6.84. The van der Waals surface area contributed by atoms with Crippen LogP contribution in [0.25, 0.3) is 0 Å². The topological polar surface area (TPSA) is 73.5 Å². The number of rotatable bonds is 5. The SMILES string of the molecule is O=C(NNC(=S)NCCc1ccc(Cl)cc1)c1ccc(N2CCCC2=O)cc1. The van der Waals surface area contributed by atoms with Gasteiger partial charge in [-0.3, -0.25) is 20.4 Å². The quantitative estimate of drug-likeness (QED) is 0.516. The minimum atomic E-state index is -0.304. The number of thiocarbonyl (C=S) groups is 1. The lowest BCUT2D eigenvalue weighted by Crippen LogP contribution is -2.47. The van der Waals surface area contributed by atoms with Crippen molar-refractivity contribution in [1.29, 1.82) is 0 Å². The second kappa shape index (κ2) is 9.52. The van der Waals surface area contributed by atoms with E-state index in [9.17, 15) is 9.59 Å². The maximum Gasteiger partial charge on any atom is 0.269 e. The number of halogens is 1. The summed E-state index contributed by atoms with van der Waals surface area (Å²) in [6.07, 6.45) is 2.23. The molecular formula is C20H21ClN4O2S. The zero-order valence-corrected chi connectivity index (χ0v) is 16.8. The number of amides is 2. The van der Waals surface area contributed by atoms with Gasteiger partial charge in [-0.2, -0.15) is 0 Å². The number of hydrazine groups is 1. The number of carbonyl (C=O) groups is 2. The van der Waals surface area contributed by atoms with E-state index in [4.69, 9.17) is 23.8 Å². The van der Waals surface area contributed by atoms with Gasteiger partial charge in [-0.25, -0.2) is 0 Å². The van der Waals surface area contributed by atoms with Crippen molar-refractivity contribution < 1.29 is 9.59 Å². The Labute approximate surface area is 174 Å². The molecule has 6 nitrogen and oxygen atoms in total. The lowest BCUT2D eigenvalue weighted by atomic mass is 10.1. The Bertz CT molecular complexity index is 856. The maximum atomic E-state index is 12.2. The van der Waals surface area contributed by atoms with E-state index in [1.165, 1.54) is 0 Å². The summed E-state index contributed by atoms with van der Waals surface area (Å²) in [6, 6.07) is 14.5. The van der Waals surface area contributed by atoms with Crippen LogP contribution in [0.3, 0.4) is 0 Å². The summed E-state index contributed by atoms with van der Waals surface area (Å²) < 4.78 is 0. The van der Waals surface area contributed by atoms with Crippen LogP contribution in [0.1, 0.15) is 28.8 Å². The summed E-state index contributed by atoms with van der Waals surface area (Å²) >= 11 is 11.0. The van der Waals surface area contributed by atoms with Crippen molar-refractivity contribution in [2.24, 2.45) is 0 Å². The van der Waals surface area contributed by atoms with Gasteiger partial charge >= 0.3 is 0 Å². The summed E-state index contributed by atoms with van der Waals surface area (Å²) in [6.45, 7) is 1.35. The Morgan fingerprint density at radius 2 is 1.79 bits per heavy atom. The van der Waals surface area contributed by atoms with E-state index in [0.29, 0.717) is 28.7 Å². The molecular weight excluding hydrogens is 396 g/mol. The van der Waals surface area contributed by atoms with Crippen LogP contribution in [0.15, 0.2) is 48.5 Å². The molecule has 0 saturated carbocycles. The van der Waals surface area contributed by atoms with Gasteiger partial charge in [0.15, 0.2) is 5.11 Å². The molecule has 8 heteroatoms. The van der Waals surface area contributed by atoms with Crippen LogP contribution >= 0.6 is 23.8 Å². The highest BCUT2D eigenvalue weighted by molar-refractivity contribution is 7.80. The number of nitrogens with one attached hydrogen (secondary N) is 3. The molecule has 1 heterocycles. The summed E-state index contributed by atoms with van der Waals surface area (Å²) in [4.78, 5) is 25.7. The van der Waals surface area contributed by atoms with Crippen LogP contribution in [-0.2, 0) is 11.2 Å². The molecule has 0 aromatic heterocycles. The molecule has 0 bridgehead atoms. The standard InChI is InChI=1S/C20H21ClN4O2S/c21-16-7-3-14(4-8-16)11-12-22-20(28)24-23-19(27)15-5-9-17(10-6-15)25-13-1-2-18(25)26/h3-10H,1-2,11-13H2,(H,23,27)(H2,22,24,28). The lowest BCUT2D eigenvalue weighted by Gasteiger charge is -2.16. The minimum absolute atomic E-state index is 0.119. The van der Waals surface area contributed by atoms with Crippen LogP contribution in [0, 0.1) is 0 Å². The van der Waals surface area contributed by atoms with E-state index < -0.39 is 0 Å². The highest BCUT2D eigenvalue weighted by Crippen LogP contribution is 2.21. The van der Waals surface area contributed by atoms with E-state index in [1.54, 1.807) is 29.2 Å². The first-order chi connectivity index (χ1) is 13.5. The fourth-order valence-electron chi connectivity index (χ4n) is 2.92. The van der Waals surface area contributed by atoms with Gasteiger partial charge < -0.3 is 10.2 Å². The van der Waals surface area contributed by atoms with Gasteiger partial charge in [0.05, 0.1) is 0 Å². The van der Waals surface area contributed by atoms with Crippen LogP contribution in [-0.4, -0.2) is 30.0 Å². The molecule has 2 aromatic rings. The molecule has 1 aliphatic heterocycles. The first kappa shape index (κ1) is 20.1. The van der Waals surface area contributed by atoms with Gasteiger partial charge in [-0.05, 0) is 67.0 Å². The maximum absolute atomic E-state index is 12.2. The van der Waals surface area contributed by atoms with Gasteiger partial charge in [-0.15, -0.1) is 0 Å².